The van der Waals surface area contributed by atoms with Gasteiger partial charge in [-0.2, -0.15) is 0 Å². The Labute approximate surface area is 128 Å². The van der Waals surface area contributed by atoms with Crippen molar-refractivity contribution < 1.29 is 4.79 Å². The van der Waals surface area contributed by atoms with E-state index in [0.717, 1.165) is 15.7 Å². The van der Waals surface area contributed by atoms with E-state index in [4.69, 9.17) is 0 Å². The summed E-state index contributed by atoms with van der Waals surface area (Å²) in [5.74, 6) is -0.181. The van der Waals surface area contributed by atoms with Gasteiger partial charge < -0.3 is 4.57 Å². The summed E-state index contributed by atoms with van der Waals surface area (Å²) in [6.07, 6.45) is 4.22. The summed E-state index contributed by atoms with van der Waals surface area (Å²) in [6.45, 7) is 3.92. The standard InChI is InChI=1S/C17H18N2O3/c1-11-5-6-13(9-12(11)2)15(20)8-7-14-10-18(3)17(22)19(4)16(14)21/h5-10H,1-4H3/b8-7+. The van der Waals surface area contributed by atoms with Crippen LogP contribution in [0.15, 0.2) is 40.1 Å². The molecule has 22 heavy (non-hydrogen) atoms. The largest absolute Gasteiger partial charge is 0.330 e. The molecule has 5 nitrogen and oxygen atoms in total. The van der Waals surface area contributed by atoms with Crippen LogP contribution in [0.2, 0.25) is 0 Å². The first-order valence-electron chi connectivity index (χ1n) is 6.87. The highest BCUT2D eigenvalue weighted by atomic mass is 16.2. The minimum atomic E-state index is -0.424. The van der Waals surface area contributed by atoms with Crippen LogP contribution in [0.25, 0.3) is 6.08 Å². The molecular formula is C17H18N2O3. The lowest BCUT2D eigenvalue weighted by atomic mass is 10.0. The monoisotopic (exact) mass is 298 g/mol. The van der Waals surface area contributed by atoms with Crippen molar-refractivity contribution in [1.82, 2.24) is 9.13 Å². The quantitative estimate of drug-likeness (QED) is 0.639. The number of aryl methyl sites for hydroxylation is 3. The number of allylic oxidation sites excluding steroid dienone is 1. The predicted molar refractivity (Wildman–Crippen MR) is 86.2 cm³/mol. The van der Waals surface area contributed by atoms with Crippen LogP contribution in [-0.2, 0) is 14.1 Å². The lowest BCUT2D eigenvalue weighted by Gasteiger charge is -2.04. The van der Waals surface area contributed by atoms with Crippen LogP contribution in [-0.4, -0.2) is 14.9 Å². The third-order valence-electron chi connectivity index (χ3n) is 3.68. The van der Waals surface area contributed by atoms with Gasteiger partial charge in [-0.3, -0.25) is 14.2 Å². The van der Waals surface area contributed by atoms with E-state index >= 15 is 0 Å². The first-order chi connectivity index (χ1) is 10.3. The molecule has 0 aliphatic rings. The third-order valence-corrected chi connectivity index (χ3v) is 3.68. The van der Waals surface area contributed by atoms with Crippen LogP contribution in [0.3, 0.4) is 0 Å². The first-order valence-corrected chi connectivity index (χ1v) is 6.87. The van der Waals surface area contributed by atoms with Crippen LogP contribution in [0, 0.1) is 13.8 Å². The molecule has 114 valence electrons. The van der Waals surface area contributed by atoms with Gasteiger partial charge in [-0.15, -0.1) is 0 Å². The molecule has 2 aromatic rings. The molecule has 1 aromatic carbocycles. The van der Waals surface area contributed by atoms with Crippen molar-refractivity contribution in [2.45, 2.75) is 13.8 Å². The SMILES string of the molecule is Cc1ccc(C(=O)/C=C/c2cn(C)c(=O)n(C)c2=O)cc1C. The van der Waals surface area contributed by atoms with E-state index in [9.17, 15) is 14.4 Å². The zero-order valence-corrected chi connectivity index (χ0v) is 13.1. The van der Waals surface area contributed by atoms with Crippen molar-refractivity contribution in [3.8, 4) is 0 Å². The fourth-order valence-electron chi connectivity index (χ4n) is 2.11. The fourth-order valence-corrected chi connectivity index (χ4v) is 2.11. The summed E-state index contributed by atoms with van der Waals surface area (Å²) in [5, 5.41) is 0. The maximum atomic E-state index is 12.2. The van der Waals surface area contributed by atoms with Crippen molar-refractivity contribution in [2.75, 3.05) is 0 Å². The summed E-state index contributed by atoms with van der Waals surface area (Å²) < 4.78 is 2.32. The number of rotatable bonds is 3. The van der Waals surface area contributed by atoms with Crippen molar-refractivity contribution in [2.24, 2.45) is 14.1 Å². The minimum Gasteiger partial charge on any atom is -0.303 e. The van der Waals surface area contributed by atoms with E-state index in [-0.39, 0.29) is 5.78 Å². The molecule has 1 aromatic heterocycles. The van der Waals surface area contributed by atoms with Crippen LogP contribution in [0.1, 0.15) is 27.0 Å². The summed E-state index contributed by atoms with van der Waals surface area (Å²) >= 11 is 0. The van der Waals surface area contributed by atoms with Gasteiger partial charge >= 0.3 is 5.69 Å². The summed E-state index contributed by atoms with van der Waals surface area (Å²) in [5.41, 5.74) is 2.20. The predicted octanol–water partition coefficient (Wildman–Crippen LogP) is 1.60. The molecule has 0 saturated heterocycles. The topological polar surface area (TPSA) is 61.1 Å². The average Bonchev–Trinajstić information content (AvgIpc) is 2.49. The van der Waals surface area contributed by atoms with Gasteiger partial charge in [0.25, 0.3) is 5.56 Å². The maximum Gasteiger partial charge on any atom is 0.330 e. The lowest BCUT2D eigenvalue weighted by Crippen LogP contribution is -2.37. The third kappa shape index (κ3) is 2.98. The molecule has 0 unspecified atom stereocenters. The normalized spacial score (nSPS) is 11.1. The summed E-state index contributed by atoms with van der Waals surface area (Å²) in [7, 11) is 2.97. The summed E-state index contributed by atoms with van der Waals surface area (Å²) in [4.78, 5) is 35.7. The molecule has 0 saturated carbocycles. The molecule has 0 aliphatic carbocycles. The summed E-state index contributed by atoms with van der Waals surface area (Å²) in [6, 6.07) is 5.47. The number of aromatic nitrogens is 2. The van der Waals surface area contributed by atoms with E-state index in [1.807, 2.05) is 26.0 Å². The van der Waals surface area contributed by atoms with E-state index in [0.29, 0.717) is 11.1 Å². The highest BCUT2D eigenvalue weighted by Gasteiger charge is 2.06. The van der Waals surface area contributed by atoms with Crippen LogP contribution < -0.4 is 11.2 Å². The molecule has 0 spiro atoms. The Hall–Kier alpha value is -2.69. The molecule has 0 N–H and O–H groups in total. The fraction of sp³-hybridized carbons (Fsp3) is 0.235. The Kier molecular flexibility index (Phi) is 4.26. The van der Waals surface area contributed by atoms with Crippen LogP contribution >= 0.6 is 0 Å². The molecule has 5 heteroatoms. The molecule has 0 atom stereocenters. The van der Waals surface area contributed by atoms with Crippen molar-refractivity contribution >= 4 is 11.9 Å². The highest BCUT2D eigenvalue weighted by Crippen LogP contribution is 2.11. The Morgan fingerprint density at radius 3 is 2.41 bits per heavy atom. The number of nitrogens with zero attached hydrogens (tertiary/aromatic N) is 2. The van der Waals surface area contributed by atoms with Gasteiger partial charge in [0.15, 0.2) is 5.78 Å². The van der Waals surface area contributed by atoms with E-state index in [2.05, 4.69) is 0 Å². The number of carbonyl (C=O) groups is 1. The van der Waals surface area contributed by atoms with Crippen molar-refractivity contribution in [3.63, 3.8) is 0 Å². The van der Waals surface area contributed by atoms with Gasteiger partial charge in [0.2, 0.25) is 0 Å². The average molecular weight is 298 g/mol. The van der Waals surface area contributed by atoms with E-state index < -0.39 is 11.2 Å². The van der Waals surface area contributed by atoms with Crippen molar-refractivity contribution in [3.05, 3.63) is 73.6 Å². The Morgan fingerprint density at radius 2 is 1.77 bits per heavy atom. The first kappa shape index (κ1) is 15.7. The smallest absolute Gasteiger partial charge is 0.303 e. The highest BCUT2D eigenvalue weighted by molar-refractivity contribution is 6.06. The molecule has 2 rings (SSSR count). The van der Waals surface area contributed by atoms with Crippen LogP contribution in [0.5, 0.6) is 0 Å². The Morgan fingerprint density at radius 1 is 1.09 bits per heavy atom. The second-order valence-corrected chi connectivity index (χ2v) is 5.34. The molecule has 0 fully saturated rings. The zero-order chi connectivity index (χ0) is 16.4. The number of hydrogen-bond acceptors (Lipinski definition) is 3. The van der Waals surface area contributed by atoms with E-state index in [1.54, 1.807) is 13.1 Å². The van der Waals surface area contributed by atoms with Gasteiger partial charge in [0.05, 0.1) is 5.56 Å². The molecule has 0 amide bonds. The molecule has 0 radical (unpaired) electrons. The van der Waals surface area contributed by atoms with Gasteiger partial charge in [0, 0.05) is 25.9 Å². The van der Waals surface area contributed by atoms with Crippen LogP contribution in [0.4, 0.5) is 0 Å². The van der Waals surface area contributed by atoms with Crippen molar-refractivity contribution in [1.29, 1.82) is 0 Å². The van der Waals surface area contributed by atoms with E-state index in [1.165, 1.54) is 30.0 Å². The van der Waals surface area contributed by atoms with Gasteiger partial charge in [0.1, 0.15) is 0 Å². The second-order valence-electron chi connectivity index (χ2n) is 5.34. The molecule has 1 heterocycles. The van der Waals surface area contributed by atoms with Gasteiger partial charge in [-0.25, -0.2) is 4.79 Å². The van der Waals surface area contributed by atoms with Gasteiger partial charge in [-0.05, 0) is 43.2 Å². The molecular weight excluding hydrogens is 280 g/mol. The molecule has 0 aliphatic heterocycles. The molecule has 0 bridgehead atoms. The van der Waals surface area contributed by atoms with Gasteiger partial charge in [-0.1, -0.05) is 12.1 Å². The number of carbonyl (C=O) groups excluding carboxylic acids is 1. The Bertz CT molecular complexity index is 886. The second kappa shape index (κ2) is 5.97. The lowest BCUT2D eigenvalue weighted by molar-refractivity contribution is 0.104. The zero-order valence-electron chi connectivity index (χ0n) is 13.1. The number of hydrogen-bond donors (Lipinski definition) is 0. The number of ketones is 1. The maximum absolute atomic E-state index is 12.2. The number of benzene rings is 1. The Balaban J connectivity index is 2.36. The minimum absolute atomic E-state index is 0.181.